The Bertz CT molecular complexity index is 332. The second kappa shape index (κ2) is 4.84. The van der Waals surface area contributed by atoms with E-state index in [4.69, 9.17) is 0 Å². The van der Waals surface area contributed by atoms with Crippen molar-refractivity contribution in [2.24, 2.45) is 11.8 Å². The summed E-state index contributed by atoms with van der Waals surface area (Å²) in [6.07, 6.45) is 18.9. The molecule has 0 N–H and O–H groups in total. The van der Waals surface area contributed by atoms with Crippen LogP contribution in [-0.2, 0) is 23.2 Å². The first-order valence-electron chi connectivity index (χ1n) is 6.54. The molecular weight excluding hydrogens is 283 g/mol. The van der Waals surface area contributed by atoms with Crippen LogP contribution in [0.4, 0.5) is 0 Å². The van der Waals surface area contributed by atoms with E-state index in [0.717, 1.165) is 11.8 Å². The summed E-state index contributed by atoms with van der Waals surface area (Å²) >= 11 is -0.624. The number of hydrogen-bond donors (Lipinski definition) is 0. The number of hydrogen-bond acceptors (Lipinski definition) is 0. The first kappa shape index (κ1) is 13.3. The van der Waals surface area contributed by atoms with Gasteiger partial charge in [-0.25, -0.2) is 0 Å². The van der Waals surface area contributed by atoms with Gasteiger partial charge in [0.15, 0.2) is 0 Å². The van der Waals surface area contributed by atoms with Crippen LogP contribution in [0.3, 0.4) is 0 Å². The predicted molar refractivity (Wildman–Crippen MR) is 71.6 cm³/mol. The molecule has 90 valence electrons. The summed E-state index contributed by atoms with van der Waals surface area (Å²) in [4.78, 5) is 0. The average molecular weight is 306 g/mol. The van der Waals surface area contributed by atoms with E-state index in [-0.39, 0.29) is 0 Å². The van der Waals surface area contributed by atoms with E-state index in [1.54, 1.807) is 0 Å². The van der Waals surface area contributed by atoms with E-state index in [1.165, 1.54) is 0 Å². The van der Waals surface area contributed by atoms with Crippen LogP contribution in [0.15, 0.2) is 48.6 Å². The topological polar surface area (TPSA) is 0 Å². The van der Waals surface area contributed by atoms with Gasteiger partial charge < -0.3 is 0 Å². The molecule has 0 fully saturated rings. The average Bonchev–Trinajstić information content (AvgIpc) is 2.88. The predicted octanol–water partition coefficient (Wildman–Crippen LogP) is 4.95. The molecule has 0 atom stereocenters. The molecule has 2 aliphatic rings. The Hall–Kier alpha value is -0.157. The molecule has 2 aliphatic carbocycles. The van der Waals surface area contributed by atoms with Gasteiger partial charge in [0.2, 0.25) is 0 Å². The molecule has 2 rings (SSSR count). The van der Waals surface area contributed by atoms with Gasteiger partial charge >= 0.3 is 118 Å². The van der Waals surface area contributed by atoms with Crippen molar-refractivity contribution in [2.75, 3.05) is 0 Å². The molecule has 0 unspecified atom stereocenters. The molecule has 0 radical (unpaired) electrons. The normalized spacial score (nSPS) is 23.2. The Labute approximate surface area is 117 Å². The van der Waals surface area contributed by atoms with Crippen molar-refractivity contribution in [3.05, 3.63) is 48.6 Å². The molecule has 0 aromatic rings. The van der Waals surface area contributed by atoms with Gasteiger partial charge in [-0.05, 0) is 0 Å². The van der Waals surface area contributed by atoms with Crippen molar-refractivity contribution in [3.8, 4) is 0 Å². The maximum absolute atomic E-state index is 2.47. The summed E-state index contributed by atoms with van der Waals surface area (Å²) in [5.74, 6) is 1.45. The van der Waals surface area contributed by atoms with Crippen LogP contribution < -0.4 is 0 Å². The summed E-state index contributed by atoms with van der Waals surface area (Å²) < 4.78 is 0.819. The molecule has 0 aromatic carbocycles. The van der Waals surface area contributed by atoms with Crippen LogP contribution >= 0.6 is 0 Å². The maximum atomic E-state index is 2.47. The third-order valence-electron chi connectivity index (χ3n) is 4.05. The van der Waals surface area contributed by atoms with Gasteiger partial charge in [-0.15, -0.1) is 0 Å². The third kappa shape index (κ3) is 2.36. The Morgan fingerprint density at radius 3 is 1.18 bits per heavy atom. The molecule has 0 aliphatic heterocycles. The van der Waals surface area contributed by atoms with E-state index in [0.29, 0.717) is 6.25 Å². The van der Waals surface area contributed by atoms with E-state index in [1.807, 2.05) is 0 Å². The number of allylic oxidation sites excluding steroid dienone is 8. The van der Waals surface area contributed by atoms with Gasteiger partial charge in [0.25, 0.3) is 0 Å². The minimum atomic E-state index is -0.624. The minimum absolute atomic E-state index is 0.409. The Kier molecular flexibility index (Phi) is 3.78. The third-order valence-corrected chi connectivity index (χ3v) is 10.7. The van der Waals surface area contributed by atoms with Gasteiger partial charge in [-0.1, -0.05) is 0 Å². The standard InChI is InChI=1S/2C8H11.Zr/c2*1-7(2)8-5-3-4-6-8;/h2*3-7H,1-2H3;. The second-order valence-electron chi connectivity index (χ2n) is 5.74. The Morgan fingerprint density at radius 1 is 0.647 bits per heavy atom. The number of rotatable bonds is 4. The van der Waals surface area contributed by atoms with Crippen LogP contribution in [0.25, 0.3) is 0 Å². The van der Waals surface area contributed by atoms with Gasteiger partial charge in [-0.2, -0.15) is 0 Å². The molecule has 1 heteroatoms. The summed E-state index contributed by atoms with van der Waals surface area (Å²) in [5, 5.41) is 0. The second-order valence-corrected chi connectivity index (χ2v) is 10.6. The Balaban J connectivity index is 2.30. The zero-order valence-electron chi connectivity index (χ0n) is 11.3. The van der Waals surface area contributed by atoms with Gasteiger partial charge in [-0.3, -0.25) is 0 Å². The molecule has 0 bridgehead atoms. The van der Waals surface area contributed by atoms with Crippen molar-refractivity contribution >= 4 is 0 Å². The van der Waals surface area contributed by atoms with Gasteiger partial charge in [0, 0.05) is 0 Å². The van der Waals surface area contributed by atoms with Gasteiger partial charge in [0.05, 0.1) is 0 Å². The van der Waals surface area contributed by atoms with Crippen LogP contribution in [0, 0.1) is 11.8 Å². The first-order valence-corrected chi connectivity index (χ1v) is 9.00. The fraction of sp³-hybridized carbons (Fsp3) is 0.500. The summed E-state index contributed by atoms with van der Waals surface area (Å²) in [5.41, 5.74) is 0. The van der Waals surface area contributed by atoms with Crippen LogP contribution in [0.5, 0.6) is 0 Å². The molecule has 0 heterocycles. The van der Waals surface area contributed by atoms with E-state index >= 15 is 0 Å². The summed E-state index contributed by atoms with van der Waals surface area (Å²) in [7, 11) is 0. The molecule has 0 saturated carbocycles. The van der Waals surface area contributed by atoms with Crippen LogP contribution in [0.2, 0.25) is 6.25 Å². The summed E-state index contributed by atoms with van der Waals surface area (Å²) in [6, 6.07) is 0. The molecule has 0 nitrogen and oxygen atoms in total. The fourth-order valence-electron chi connectivity index (χ4n) is 2.57. The zero-order valence-corrected chi connectivity index (χ0v) is 13.7. The quantitative estimate of drug-likeness (QED) is 0.689. The monoisotopic (exact) mass is 304 g/mol. The fourth-order valence-corrected chi connectivity index (χ4v) is 7.60. The van der Waals surface area contributed by atoms with E-state index < -0.39 is 23.2 Å². The van der Waals surface area contributed by atoms with Crippen molar-refractivity contribution in [3.63, 3.8) is 0 Å². The first-order chi connectivity index (χ1) is 8.01. The SMILES string of the molecule is CC(C)[C]1([Zr][C]2(C(C)C)C=CC=C2)C=CC=C1. The van der Waals surface area contributed by atoms with Crippen molar-refractivity contribution in [1.82, 2.24) is 0 Å². The van der Waals surface area contributed by atoms with Crippen LogP contribution in [0.1, 0.15) is 27.7 Å². The van der Waals surface area contributed by atoms with E-state index in [2.05, 4.69) is 76.3 Å². The molecule has 0 saturated heterocycles. The van der Waals surface area contributed by atoms with Crippen molar-refractivity contribution in [2.45, 2.75) is 33.9 Å². The molecular formula is C16H22Zr. The van der Waals surface area contributed by atoms with E-state index in [9.17, 15) is 0 Å². The van der Waals surface area contributed by atoms with Crippen LogP contribution in [-0.4, -0.2) is 0 Å². The Morgan fingerprint density at radius 2 is 0.941 bits per heavy atom. The van der Waals surface area contributed by atoms with Crippen molar-refractivity contribution < 1.29 is 23.2 Å². The molecule has 0 aromatic heterocycles. The van der Waals surface area contributed by atoms with Crippen molar-refractivity contribution in [1.29, 1.82) is 0 Å². The molecule has 17 heavy (non-hydrogen) atoms. The zero-order chi connectivity index (χ0) is 12.5. The summed E-state index contributed by atoms with van der Waals surface area (Å²) in [6.45, 7) is 9.49. The molecule has 0 spiro atoms. The molecule has 0 amide bonds. The van der Waals surface area contributed by atoms with Gasteiger partial charge in [0.1, 0.15) is 0 Å².